The van der Waals surface area contributed by atoms with Gasteiger partial charge in [0, 0.05) is 0 Å². The van der Waals surface area contributed by atoms with Crippen LogP contribution >= 0.6 is 0 Å². The summed E-state index contributed by atoms with van der Waals surface area (Å²) in [5.74, 6) is 0. The maximum absolute atomic E-state index is 3.88. The van der Waals surface area contributed by atoms with Crippen LogP contribution in [0.2, 0.25) is 0 Å². The third kappa shape index (κ3) is 18.3. The van der Waals surface area contributed by atoms with Gasteiger partial charge in [0.05, 0.1) is 0 Å². The van der Waals surface area contributed by atoms with Crippen LogP contribution in [0.1, 0.15) is 103 Å². The van der Waals surface area contributed by atoms with Gasteiger partial charge in [0.15, 0.2) is 0 Å². The molecule has 0 aromatic carbocycles. The molecule has 0 aromatic rings. The maximum Gasteiger partial charge on any atom is -0.0533 e. The Morgan fingerprint density at radius 2 is 0.778 bits per heavy atom. The van der Waals surface area contributed by atoms with Crippen molar-refractivity contribution in [1.82, 2.24) is 0 Å². The molecule has 0 atom stereocenters. The Balaban J connectivity index is 0. The molecule has 2 N–H and O–H groups in total. The summed E-state index contributed by atoms with van der Waals surface area (Å²) in [5.41, 5.74) is 0. The van der Waals surface area contributed by atoms with Gasteiger partial charge in [-0.3, -0.25) is 0 Å². The van der Waals surface area contributed by atoms with Gasteiger partial charge in [-0.15, -0.1) is 0 Å². The van der Waals surface area contributed by atoms with Crippen molar-refractivity contribution in [2.45, 2.75) is 103 Å². The summed E-state index contributed by atoms with van der Waals surface area (Å²) >= 11 is 0. The first-order valence-electron chi connectivity index (χ1n) is 8.21. The number of rotatable bonds is 14. The molecule has 0 aliphatic rings. The molecule has 0 spiro atoms. The van der Waals surface area contributed by atoms with E-state index in [9.17, 15) is 0 Å². The zero-order valence-corrected chi connectivity index (χ0v) is 12.8. The van der Waals surface area contributed by atoms with Crippen LogP contribution in [0.15, 0.2) is 0 Å². The van der Waals surface area contributed by atoms with Crippen LogP contribution in [0.5, 0.6) is 0 Å². The van der Waals surface area contributed by atoms with E-state index >= 15 is 0 Å². The molecule has 0 unspecified atom stereocenters. The van der Waals surface area contributed by atoms with Crippen molar-refractivity contribution in [3.05, 3.63) is 6.92 Å². The van der Waals surface area contributed by atoms with Gasteiger partial charge in [-0.05, 0) is 0 Å². The Morgan fingerprint density at radius 1 is 0.500 bits per heavy atom. The SMILES string of the molecule is O.[CH2]CCCCCCCCCCCCCCCC. The molecule has 1 radical (unpaired) electrons. The molecule has 1 nitrogen and oxygen atoms in total. The third-order valence-corrected chi connectivity index (χ3v) is 3.60. The van der Waals surface area contributed by atoms with Crippen molar-refractivity contribution >= 4 is 0 Å². The van der Waals surface area contributed by atoms with Gasteiger partial charge in [0.1, 0.15) is 0 Å². The van der Waals surface area contributed by atoms with E-state index in [-0.39, 0.29) is 5.48 Å². The second-order valence-electron chi connectivity index (χ2n) is 5.45. The molecule has 0 rings (SSSR count). The monoisotopic (exact) mass is 257 g/mol. The summed E-state index contributed by atoms with van der Waals surface area (Å²) in [4.78, 5) is 0. The zero-order chi connectivity index (χ0) is 12.6. The average Bonchev–Trinajstić information content (AvgIpc) is 2.35. The second-order valence-corrected chi connectivity index (χ2v) is 5.45. The van der Waals surface area contributed by atoms with E-state index in [1.54, 1.807) is 0 Å². The Kier molecular flexibility index (Phi) is 21.7. The van der Waals surface area contributed by atoms with Gasteiger partial charge >= 0.3 is 0 Å². The van der Waals surface area contributed by atoms with Crippen LogP contribution in [-0.4, -0.2) is 5.48 Å². The van der Waals surface area contributed by atoms with Crippen molar-refractivity contribution in [2.24, 2.45) is 0 Å². The molecule has 0 aliphatic carbocycles. The molecule has 1 heteroatoms. The molecule has 0 aromatic heterocycles. The third-order valence-electron chi connectivity index (χ3n) is 3.60. The fourth-order valence-corrected chi connectivity index (χ4v) is 2.37. The van der Waals surface area contributed by atoms with E-state index in [0.717, 1.165) is 6.42 Å². The van der Waals surface area contributed by atoms with Gasteiger partial charge in [0.2, 0.25) is 0 Å². The molecule has 18 heavy (non-hydrogen) atoms. The fourth-order valence-electron chi connectivity index (χ4n) is 2.37. The first-order valence-corrected chi connectivity index (χ1v) is 8.21. The zero-order valence-electron chi connectivity index (χ0n) is 12.8. The number of unbranched alkanes of at least 4 members (excludes halogenated alkanes) is 14. The molecule has 0 aliphatic heterocycles. The van der Waals surface area contributed by atoms with Gasteiger partial charge in [-0.25, -0.2) is 0 Å². The molecular weight excluding hydrogens is 220 g/mol. The Morgan fingerprint density at radius 3 is 1.06 bits per heavy atom. The minimum atomic E-state index is 0. The topological polar surface area (TPSA) is 31.5 Å². The van der Waals surface area contributed by atoms with E-state index in [0.29, 0.717) is 0 Å². The summed E-state index contributed by atoms with van der Waals surface area (Å²) in [6, 6.07) is 0. The van der Waals surface area contributed by atoms with E-state index in [4.69, 9.17) is 0 Å². The lowest BCUT2D eigenvalue weighted by atomic mass is 10.0. The smallest absolute Gasteiger partial charge is 0.0533 e. The largest absolute Gasteiger partial charge is 0.412 e. The molecule has 0 fully saturated rings. The minimum absolute atomic E-state index is 0. The normalized spacial score (nSPS) is 10.3. The minimum Gasteiger partial charge on any atom is -0.412 e. The lowest BCUT2D eigenvalue weighted by Gasteiger charge is -2.02. The Hall–Kier alpha value is -0.0400. The average molecular weight is 257 g/mol. The van der Waals surface area contributed by atoms with Gasteiger partial charge in [0.25, 0.3) is 0 Å². The maximum atomic E-state index is 3.88. The lowest BCUT2D eigenvalue weighted by molar-refractivity contribution is 0.536. The number of hydrogen-bond donors (Lipinski definition) is 0. The van der Waals surface area contributed by atoms with Crippen molar-refractivity contribution in [3.63, 3.8) is 0 Å². The lowest BCUT2D eigenvalue weighted by Crippen LogP contribution is -1.82. The van der Waals surface area contributed by atoms with Crippen molar-refractivity contribution in [2.75, 3.05) is 0 Å². The van der Waals surface area contributed by atoms with Crippen LogP contribution in [0, 0.1) is 6.92 Å². The standard InChI is InChI=1S/C17H35.H2O/c1-3-5-7-9-11-13-15-17-16-14-12-10-8-6-4-2;/h1,3-17H2,2H3;1H2. The fraction of sp³-hybridized carbons (Fsp3) is 0.941. The predicted octanol–water partition coefficient (Wildman–Crippen LogP) is 5.87. The van der Waals surface area contributed by atoms with E-state index in [2.05, 4.69) is 13.8 Å². The van der Waals surface area contributed by atoms with Crippen LogP contribution < -0.4 is 0 Å². The molecule has 0 heterocycles. The summed E-state index contributed by atoms with van der Waals surface area (Å²) in [6.07, 6.45) is 21.3. The van der Waals surface area contributed by atoms with E-state index in [1.165, 1.54) is 89.9 Å². The summed E-state index contributed by atoms with van der Waals surface area (Å²) in [5, 5.41) is 0. The Labute approximate surface area is 116 Å². The molecule has 111 valence electrons. The molecule has 0 amide bonds. The van der Waals surface area contributed by atoms with Crippen LogP contribution in [0.4, 0.5) is 0 Å². The molecule has 0 bridgehead atoms. The molecule has 0 saturated carbocycles. The quantitative estimate of drug-likeness (QED) is 0.349. The van der Waals surface area contributed by atoms with Gasteiger partial charge in [-0.2, -0.15) is 0 Å². The second kappa shape index (κ2) is 19.3. The van der Waals surface area contributed by atoms with Gasteiger partial charge in [-0.1, -0.05) is 110 Å². The van der Waals surface area contributed by atoms with Crippen molar-refractivity contribution in [1.29, 1.82) is 0 Å². The first kappa shape index (κ1) is 20.3. The highest BCUT2D eigenvalue weighted by Crippen LogP contribution is 2.13. The summed E-state index contributed by atoms with van der Waals surface area (Å²) < 4.78 is 0. The van der Waals surface area contributed by atoms with Crippen LogP contribution in [0.3, 0.4) is 0 Å². The number of hydrogen-bond acceptors (Lipinski definition) is 0. The highest BCUT2D eigenvalue weighted by molar-refractivity contribution is 4.49. The highest BCUT2D eigenvalue weighted by atomic mass is 16.0. The predicted molar refractivity (Wildman–Crippen MR) is 83.9 cm³/mol. The summed E-state index contributed by atoms with van der Waals surface area (Å²) in [7, 11) is 0. The molecular formula is C17H37O. The highest BCUT2D eigenvalue weighted by Gasteiger charge is 1.93. The van der Waals surface area contributed by atoms with Gasteiger partial charge < -0.3 is 5.48 Å². The Bertz CT molecular complexity index is 109. The van der Waals surface area contributed by atoms with Crippen LogP contribution in [0.25, 0.3) is 0 Å². The van der Waals surface area contributed by atoms with Crippen molar-refractivity contribution in [3.8, 4) is 0 Å². The van der Waals surface area contributed by atoms with Crippen LogP contribution in [-0.2, 0) is 0 Å². The van der Waals surface area contributed by atoms with E-state index < -0.39 is 0 Å². The van der Waals surface area contributed by atoms with E-state index in [1.807, 2.05) is 0 Å². The first-order chi connectivity index (χ1) is 8.41. The van der Waals surface area contributed by atoms with Crippen molar-refractivity contribution < 1.29 is 5.48 Å². The molecule has 0 saturated heterocycles. The summed E-state index contributed by atoms with van der Waals surface area (Å²) in [6.45, 7) is 6.17.